The van der Waals surface area contributed by atoms with Crippen molar-refractivity contribution < 1.29 is 19.2 Å². The van der Waals surface area contributed by atoms with Gasteiger partial charge in [0.05, 0.1) is 22.7 Å². The van der Waals surface area contributed by atoms with Crippen molar-refractivity contribution in [3.8, 4) is 0 Å². The molecule has 4 heterocycles. The first kappa shape index (κ1) is 21.2. The number of nitrogens with zero attached hydrogens (tertiary/aromatic N) is 1. The van der Waals surface area contributed by atoms with Crippen molar-refractivity contribution in [2.45, 2.75) is 31.8 Å². The standard InChI is InChI=1S/C23H23N5O4S/c1-12-8-15-19(33-12)9-16(24-15)21(30)25-18-11-28(7-6-13-4-2-3-5-14(13)18)22(31)17-10-20(29)27-23(32)26-17/h2-5,8-9,17-18,24H,6-7,10-11H2,1H3,(H,25,30)(H2,26,27,29,32)/t17-,18?/m0/s1. The Morgan fingerprint density at radius 1 is 1.18 bits per heavy atom. The molecule has 0 aliphatic carbocycles. The SMILES string of the molecule is Cc1cc2[nH]c(C(=O)NC3CN(C(=O)[C@@H]4CC(=O)NC(=O)N4)CCc4ccccc43)cc2s1. The maximum atomic E-state index is 13.2. The fourth-order valence-electron chi connectivity index (χ4n) is 4.48. The van der Waals surface area contributed by atoms with Gasteiger partial charge in [-0.2, -0.15) is 0 Å². The quantitative estimate of drug-likeness (QED) is 0.472. The average molecular weight is 466 g/mol. The average Bonchev–Trinajstić information content (AvgIpc) is 3.26. The highest BCUT2D eigenvalue weighted by Gasteiger charge is 2.35. The highest BCUT2D eigenvalue weighted by atomic mass is 32.1. The number of nitrogens with one attached hydrogen (secondary N) is 4. The van der Waals surface area contributed by atoms with Crippen molar-refractivity contribution in [2.75, 3.05) is 13.1 Å². The van der Waals surface area contributed by atoms with Gasteiger partial charge in [0.2, 0.25) is 11.8 Å². The summed E-state index contributed by atoms with van der Waals surface area (Å²) < 4.78 is 1.02. The lowest BCUT2D eigenvalue weighted by molar-refractivity contribution is -0.136. The summed E-state index contributed by atoms with van der Waals surface area (Å²) in [6.45, 7) is 2.68. The summed E-state index contributed by atoms with van der Waals surface area (Å²) in [7, 11) is 0. The van der Waals surface area contributed by atoms with E-state index in [0.29, 0.717) is 18.7 Å². The van der Waals surface area contributed by atoms with E-state index in [0.717, 1.165) is 21.3 Å². The Balaban J connectivity index is 1.39. The molecule has 1 saturated heterocycles. The van der Waals surface area contributed by atoms with Crippen LogP contribution in [0.5, 0.6) is 0 Å². The molecule has 1 aromatic carbocycles. The second-order valence-corrected chi connectivity index (χ2v) is 9.64. The minimum absolute atomic E-state index is 0.107. The van der Waals surface area contributed by atoms with E-state index in [2.05, 4.69) is 20.9 Å². The van der Waals surface area contributed by atoms with Crippen molar-refractivity contribution >= 4 is 45.3 Å². The molecule has 4 N–H and O–H groups in total. The van der Waals surface area contributed by atoms with E-state index >= 15 is 0 Å². The predicted octanol–water partition coefficient (Wildman–Crippen LogP) is 1.99. The fraction of sp³-hybridized carbons (Fsp3) is 0.304. The topological polar surface area (TPSA) is 123 Å². The van der Waals surface area contributed by atoms with Crippen molar-refractivity contribution in [1.82, 2.24) is 25.8 Å². The predicted molar refractivity (Wildman–Crippen MR) is 123 cm³/mol. The normalized spacial score (nSPS) is 20.6. The van der Waals surface area contributed by atoms with Crippen molar-refractivity contribution in [3.63, 3.8) is 0 Å². The molecule has 5 rings (SSSR count). The second-order valence-electron chi connectivity index (χ2n) is 8.36. The van der Waals surface area contributed by atoms with Gasteiger partial charge in [-0.05, 0) is 36.6 Å². The number of H-pyrrole nitrogens is 1. The molecule has 33 heavy (non-hydrogen) atoms. The summed E-state index contributed by atoms with van der Waals surface area (Å²) in [6, 6.07) is 9.62. The van der Waals surface area contributed by atoms with Gasteiger partial charge in [0.25, 0.3) is 5.91 Å². The van der Waals surface area contributed by atoms with Gasteiger partial charge in [-0.3, -0.25) is 19.7 Å². The van der Waals surface area contributed by atoms with E-state index in [1.54, 1.807) is 16.2 Å². The molecule has 0 bridgehead atoms. The van der Waals surface area contributed by atoms with Crippen LogP contribution < -0.4 is 16.0 Å². The van der Waals surface area contributed by atoms with Crippen LogP contribution in [-0.4, -0.2) is 52.8 Å². The molecule has 3 aromatic rings. The number of amides is 5. The first-order valence-corrected chi connectivity index (χ1v) is 11.6. The number of aryl methyl sites for hydroxylation is 1. The highest BCUT2D eigenvalue weighted by Crippen LogP contribution is 2.27. The molecule has 1 unspecified atom stereocenters. The third kappa shape index (κ3) is 4.21. The first-order valence-electron chi connectivity index (χ1n) is 10.7. The van der Waals surface area contributed by atoms with Crippen LogP contribution in [0.15, 0.2) is 36.4 Å². The molecule has 2 atom stereocenters. The van der Waals surface area contributed by atoms with Gasteiger partial charge < -0.3 is 20.5 Å². The Hall–Kier alpha value is -3.66. The molecular formula is C23H23N5O4S. The van der Waals surface area contributed by atoms with E-state index < -0.39 is 24.0 Å². The Bertz CT molecular complexity index is 1230. The smallest absolute Gasteiger partial charge is 0.322 e. The molecule has 0 spiro atoms. The van der Waals surface area contributed by atoms with Crippen molar-refractivity contribution in [3.05, 3.63) is 58.1 Å². The Kier molecular flexibility index (Phi) is 5.37. The van der Waals surface area contributed by atoms with Gasteiger partial charge in [0.1, 0.15) is 11.7 Å². The molecule has 10 heteroatoms. The van der Waals surface area contributed by atoms with Crippen LogP contribution in [0.25, 0.3) is 10.2 Å². The molecular weight excluding hydrogens is 442 g/mol. The number of thiophene rings is 1. The van der Waals surface area contributed by atoms with Crippen LogP contribution in [0.1, 0.15) is 39.0 Å². The van der Waals surface area contributed by atoms with E-state index in [4.69, 9.17) is 0 Å². The van der Waals surface area contributed by atoms with Gasteiger partial charge >= 0.3 is 6.03 Å². The van der Waals surface area contributed by atoms with Gasteiger partial charge in [-0.1, -0.05) is 24.3 Å². The van der Waals surface area contributed by atoms with Gasteiger partial charge in [-0.25, -0.2) is 4.79 Å². The van der Waals surface area contributed by atoms with Gasteiger partial charge in [0, 0.05) is 18.0 Å². The third-order valence-electron chi connectivity index (χ3n) is 6.02. The van der Waals surface area contributed by atoms with E-state index in [1.165, 1.54) is 4.88 Å². The maximum Gasteiger partial charge on any atom is 0.322 e. The minimum atomic E-state index is -0.915. The van der Waals surface area contributed by atoms with E-state index in [9.17, 15) is 19.2 Å². The lowest BCUT2D eigenvalue weighted by Crippen LogP contribution is -2.58. The minimum Gasteiger partial charge on any atom is -0.350 e. The third-order valence-corrected chi connectivity index (χ3v) is 7.02. The first-order chi connectivity index (χ1) is 15.9. The number of hydrogen-bond acceptors (Lipinski definition) is 5. The van der Waals surface area contributed by atoms with Crippen LogP contribution in [0.2, 0.25) is 0 Å². The van der Waals surface area contributed by atoms with Crippen LogP contribution >= 0.6 is 11.3 Å². The zero-order valence-corrected chi connectivity index (χ0v) is 18.8. The maximum absolute atomic E-state index is 13.2. The van der Waals surface area contributed by atoms with Crippen molar-refractivity contribution in [2.24, 2.45) is 0 Å². The lowest BCUT2D eigenvalue weighted by atomic mass is 9.99. The highest BCUT2D eigenvalue weighted by molar-refractivity contribution is 7.19. The molecule has 1 fully saturated rings. The molecule has 2 aromatic heterocycles. The van der Waals surface area contributed by atoms with E-state index in [-0.39, 0.29) is 24.8 Å². The Morgan fingerprint density at radius 2 is 2.00 bits per heavy atom. The molecule has 170 valence electrons. The summed E-state index contributed by atoms with van der Waals surface area (Å²) in [4.78, 5) is 55.7. The molecule has 9 nitrogen and oxygen atoms in total. The number of carbonyl (C=O) groups excluding carboxylic acids is 4. The summed E-state index contributed by atoms with van der Waals surface area (Å²) in [5.41, 5.74) is 3.39. The van der Waals surface area contributed by atoms with Gasteiger partial charge in [0.15, 0.2) is 0 Å². The van der Waals surface area contributed by atoms with Crippen LogP contribution in [0, 0.1) is 6.92 Å². The Morgan fingerprint density at radius 3 is 2.79 bits per heavy atom. The summed E-state index contributed by atoms with van der Waals surface area (Å²) in [6.07, 6.45) is 0.502. The summed E-state index contributed by atoms with van der Waals surface area (Å²) in [5, 5.41) is 7.75. The zero-order chi connectivity index (χ0) is 23.1. The number of carbonyl (C=O) groups is 4. The van der Waals surface area contributed by atoms with Crippen LogP contribution in [-0.2, 0) is 16.0 Å². The molecule has 0 saturated carbocycles. The fourth-order valence-corrected chi connectivity index (χ4v) is 5.40. The van der Waals surface area contributed by atoms with E-state index in [1.807, 2.05) is 43.3 Å². The molecule has 2 aliphatic heterocycles. The van der Waals surface area contributed by atoms with Crippen LogP contribution in [0.4, 0.5) is 4.79 Å². The number of benzene rings is 1. The number of aromatic nitrogens is 1. The monoisotopic (exact) mass is 465 g/mol. The van der Waals surface area contributed by atoms with Crippen molar-refractivity contribution in [1.29, 1.82) is 0 Å². The number of urea groups is 1. The number of rotatable bonds is 3. The second kappa shape index (κ2) is 8.36. The molecule has 5 amide bonds. The molecule has 0 radical (unpaired) electrons. The number of fused-ring (bicyclic) bond motifs is 2. The Labute approximate surface area is 193 Å². The zero-order valence-electron chi connectivity index (χ0n) is 17.9. The van der Waals surface area contributed by atoms with Gasteiger partial charge in [-0.15, -0.1) is 11.3 Å². The summed E-state index contributed by atoms with van der Waals surface area (Å²) in [5.74, 6) is -1.07. The largest absolute Gasteiger partial charge is 0.350 e. The van der Waals surface area contributed by atoms with Crippen LogP contribution in [0.3, 0.4) is 0 Å². The summed E-state index contributed by atoms with van der Waals surface area (Å²) >= 11 is 1.62. The number of aromatic amines is 1. The number of imide groups is 1. The number of hydrogen-bond donors (Lipinski definition) is 4. The lowest BCUT2D eigenvalue weighted by Gasteiger charge is -2.30. The molecule has 2 aliphatic rings.